The Morgan fingerprint density at radius 2 is 2.45 bits per heavy atom. The van der Waals surface area contributed by atoms with Gasteiger partial charge in [-0.25, -0.2) is 4.98 Å². The Hall–Kier alpha value is -1.21. The zero-order valence-corrected chi connectivity index (χ0v) is 6.88. The molecule has 1 heterocycles. The lowest BCUT2D eigenvalue weighted by atomic mass is 10.5. The molecule has 3 nitrogen and oxygen atoms in total. The summed E-state index contributed by atoms with van der Waals surface area (Å²) in [6.45, 7) is 0. The number of hydrogen-bond acceptors (Lipinski definition) is 3. The number of nitrogens with zero attached hydrogens (tertiary/aromatic N) is 3. The summed E-state index contributed by atoms with van der Waals surface area (Å²) in [7, 11) is -0.381. The van der Waals surface area contributed by atoms with Crippen molar-refractivity contribution in [1.29, 1.82) is 5.26 Å². The Labute approximate surface area is 67.8 Å². The molecule has 0 bridgehead atoms. The van der Waals surface area contributed by atoms with E-state index in [1.165, 1.54) is 0 Å². The fourth-order valence-corrected chi connectivity index (χ4v) is 1.33. The van der Waals surface area contributed by atoms with Gasteiger partial charge in [0.15, 0.2) is 0 Å². The van der Waals surface area contributed by atoms with E-state index in [2.05, 4.69) is 9.35 Å². The van der Waals surface area contributed by atoms with Gasteiger partial charge in [-0.05, 0) is 29.1 Å². The lowest BCUT2D eigenvalue weighted by molar-refractivity contribution is 1.13. The van der Waals surface area contributed by atoms with Gasteiger partial charge >= 0.3 is 0 Å². The van der Waals surface area contributed by atoms with Gasteiger partial charge in [0.2, 0.25) is 6.19 Å². The second-order valence-electron chi connectivity index (χ2n) is 1.84. The van der Waals surface area contributed by atoms with E-state index < -0.39 is 0 Å². The lowest BCUT2D eigenvalue weighted by Crippen LogP contribution is -1.89. The van der Waals surface area contributed by atoms with Crippen LogP contribution in [0.5, 0.6) is 0 Å². The summed E-state index contributed by atoms with van der Waals surface area (Å²) in [4.78, 5) is 4.06. The predicted molar refractivity (Wildman–Crippen MR) is 43.8 cm³/mol. The quantitative estimate of drug-likeness (QED) is 0.590. The van der Waals surface area contributed by atoms with E-state index in [4.69, 9.17) is 5.26 Å². The Morgan fingerprint density at radius 1 is 1.64 bits per heavy atom. The zero-order chi connectivity index (χ0) is 8.10. The maximum Gasteiger partial charge on any atom is 0.212 e. The molecule has 4 heteroatoms. The van der Waals surface area contributed by atoms with Crippen molar-refractivity contribution in [3.8, 4) is 6.19 Å². The molecule has 1 rings (SSSR count). The van der Waals surface area contributed by atoms with Crippen LogP contribution in [0.4, 0.5) is 0 Å². The van der Waals surface area contributed by atoms with Crippen molar-refractivity contribution in [3.63, 3.8) is 0 Å². The van der Waals surface area contributed by atoms with Crippen LogP contribution >= 0.6 is 0 Å². The van der Waals surface area contributed by atoms with Crippen molar-refractivity contribution in [2.24, 2.45) is 4.36 Å². The van der Waals surface area contributed by atoms with E-state index >= 15 is 0 Å². The lowest BCUT2D eigenvalue weighted by Gasteiger charge is -1.94. The van der Waals surface area contributed by atoms with Gasteiger partial charge in [-0.2, -0.15) is 5.26 Å². The van der Waals surface area contributed by atoms with Crippen LogP contribution in [0.1, 0.15) is 0 Å². The standard InChI is InChI=1S/C7H7N3S/c1-11(10-6-8)7-4-2-3-5-9-7/h2-5H,1H3. The van der Waals surface area contributed by atoms with Gasteiger partial charge in [-0.1, -0.05) is 6.07 Å². The molecule has 1 unspecified atom stereocenters. The zero-order valence-electron chi connectivity index (χ0n) is 6.06. The Morgan fingerprint density at radius 3 is 3.00 bits per heavy atom. The van der Waals surface area contributed by atoms with E-state index in [-0.39, 0.29) is 10.7 Å². The Balaban J connectivity index is 2.96. The Bertz CT molecular complexity index is 299. The molecule has 0 amide bonds. The van der Waals surface area contributed by atoms with Crippen LogP contribution in [0, 0.1) is 11.5 Å². The van der Waals surface area contributed by atoms with Gasteiger partial charge in [-0.15, -0.1) is 4.36 Å². The summed E-state index contributed by atoms with van der Waals surface area (Å²) < 4.78 is 3.67. The van der Waals surface area contributed by atoms with Crippen LogP contribution in [0.25, 0.3) is 0 Å². The van der Waals surface area contributed by atoms with Gasteiger partial charge in [0.25, 0.3) is 0 Å². The molecule has 0 spiro atoms. The van der Waals surface area contributed by atoms with Gasteiger partial charge < -0.3 is 0 Å². The van der Waals surface area contributed by atoms with E-state index in [0.29, 0.717) is 0 Å². The largest absolute Gasteiger partial charge is 0.249 e. The molecular weight excluding hydrogens is 158 g/mol. The molecule has 1 aromatic heterocycles. The molecule has 0 aromatic carbocycles. The van der Waals surface area contributed by atoms with Crippen LogP contribution in [-0.2, 0) is 10.7 Å². The van der Waals surface area contributed by atoms with Crippen molar-refractivity contribution in [1.82, 2.24) is 4.98 Å². The second kappa shape index (κ2) is 3.84. The highest BCUT2D eigenvalue weighted by Gasteiger charge is 1.92. The maximum absolute atomic E-state index is 8.26. The van der Waals surface area contributed by atoms with Crippen LogP contribution in [-0.4, -0.2) is 11.2 Å². The van der Waals surface area contributed by atoms with Crippen molar-refractivity contribution in [3.05, 3.63) is 24.4 Å². The average molecular weight is 165 g/mol. The van der Waals surface area contributed by atoms with E-state index in [0.717, 1.165) is 5.03 Å². The highest BCUT2D eigenvalue weighted by molar-refractivity contribution is 7.86. The summed E-state index contributed by atoms with van der Waals surface area (Å²) in [6, 6.07) is 5.59. The molecule has 0 saturated carbocycles. The van der Waals surface area contributed by atoms with Crippen molar-refractivity contribution < 1.29 is 0 Å². The minimum absolute atomic E-state index is 0.381. The van der Waals surface area contributed by atoms with Crippen LogP contribution in [0.15, 0.2) is 33.8 Å². The number of hydrogen-bond donors (Lipinski definition) is 0. The SMILES string of the molecule is CS(=NC#N)c1ccccn1. The van der Waals surface area contributed by atoms with E-state index in [9.17, 15) is 0 Å². The number of aromatic nitrogens is 1. The van der Waals surface area contributed by atoms with Crippen molar-refractivity contribution >= 4 is 10.7 Å². The predicted octanol–water partition coefficient (Wildman–Crippen LogP) is 1.35. The summed E-state index contributed by atoms with van der Waals surface area (Å²) in [6.07, 6.45) is 5.33. The molecule has 56 valence electrons. The molecular formula is C7H7N3S. The number of nitriles is 1. The molecule has 0 radical (unpaired) electrons. The molecule has 0 fully saturated rings. The first-order chi connectivity index (χ1) is 5.34. The summed E-state index contributed by atoms with van der Waals surface area (Å²) >= 11 is 0. The number of pyridine rings is 1. The molecule has 0 saturated heterocycles. The molecule has 0 aliphatic rings. The van der Waals surface area contributed by atoms with Crippen LogP contribution in [0.3, 0.4) is 0 Å². The summed E-state index contributed by atoms with van der Waals surface area (Å²) in [5.74, 6) is 0. The third-order valence-corrected chi connectivity index (χ3v) is 2.32. The first-order valence-electron chi connectivity index (χ1n) is 3.01. The molecule has 11 heavy (non-hydrogen) atoms. The third-order valence-electron chi connectivity index (χ3n) is 1.12. The van der Waals surface area contributed by atoms with Crippen LogP contribution in [0.2, 0.25) is 0 Å². The molecule has 0 N–H and O–H groups in total. The summed E-state index contributed by atoms with van der Waals surface area (Å²) in [5, 5.41) is 9.12. The first-order valence-corrected chi connectivity index (χ1v) is 4.60. The van der Waals surface area contributed by atoms with Crippen molar-refractivity contribution in [2.75, 3.05) is 6.26 Å². The Kier molecular flexibility index (Phi) is 2.75. The fraction of sp³-hybridized carbons (Fsp3) is 0.143. The second-order valence-corrected chi connectivity index (χ2v) is 3.39. The van der Waals surface area contributed by atoms with Gasteiger partial charge in [0, 0.05) is 6.20 Å². The maximum atomic E-state index is 8.26. The van der Waals surface area contributed by atoms with Crippen LogP contribution < -0.4 is 0 Å². The molecule has 1 aromatic rings. The van der Waals surface area contributed by atoms with Gasteiger partial charge in [-0.3, -0.25) is 0 Å². The number of rotatable bonds is 1. The third kappa shape index (κ3) is 2.13. The van der Waals surface area contributed by atoms with Gasteiger partial charge in [0.05, 0.1) is 0 Å². The van der Waals surface area contributed by atoms with E-state index in [1.54, 1.807) is 12.4 Å². The minimum atomic E-state index is -0.381. The highest BCUT2D eigenvalue weighted by atomic mass is 32.2. The van der Waals surface area contributed by atoms with E-state index in [1.807, 2.05) is 24.5 Å². The average Bonchev–Trinajstić information content (AvgIpc) is 2.07. The molecule has 0 aliphatic carbocycles. The molecule has 0 aliphatic heterocycles. The minimum Gasteiger partial charge on any atom is -0.249 e. The van der Waals surface area contributed by atoms with Gasteiger partial charge in [0.1, 0.15) is 5.03 Å². The smallest absolute Gasteiger partial charge is 0.212 e. The summed E-state index contributed by atoms with van der Waals surface area (Å²) in [5.41, 5.74) is 0. The fourth-order valence-electron chi connectivity index (χ4n) is 0.630. The topological polar surface area (TPSA) is 49.0 Å². The highest BCUT2D eigenvalue weighted by Crippen LogP contribution is 2.00. The molecule has 1 atom stereocenters. The van der Waals surface area contributed by atoms with Crippen molar-refractivity contribution in [2.45, 2.75) is 5.03 Å². The first kappa shape index (κ1) is 7.89. The monoisotopic (exact) mass is 165 g/mol. The normalized spacial score (nSPS) is 12.4.